The molecule has 1 saturated heterocycles. The maximum Gasteiger partial charge on any atom is 0.259 e. The highest BCUT2D eigenvalue weighted by molar-refractivity contribution is 6.12. The van der Waals surface area contributed by atoms with E-state index in [1.54, 1.807) is 21.4 Å². The molecule has 4 heterocycles. The van der Waals surface area contributed by atoms with E-state index in [1.807, 2.05) is 14.0 Å². The number of rotatable bonds is 1. The molecule has 0 bridgehead atoms. The number of nitrogen functional groups attached to an aromatic ring is 1. The van der Waals surface area contributed by atoms with Crippen molar-refractivity contribution in [2.24, 2.45) is 0 Å². The van der Waals surface area contributed by atoms with Crippen LogP contribution in [0.2, 0.25) is 0 Å². The van der Waals surface area contributed by atoms with E-state index < -0.39 is 11.6 Å². The Morgan fingerprint density at radius 2 is 1.81 bits per heavy atom. The molecule has 1 aliphatic heterocycles. The van der Waals surface area contributed by atoms with Crippen LogP contribution in [0, 0.1) is 18.6 Å². The molecule has 3 aromatic heterocycles. The van der Waals surface area contributed by atoms with Gasteiger partial charge in [-0.1, -0.05) is 0 Å². The summed E-state index contributed by atoms with van der Waals surface area (Å²) in [5, 5.41) is 0.567. The van der Waals surface area contributed by atoms with E-state index in [-0.39, 0.29) is 28.3 Å². The third-order valence-electron chi connectivity index (χ3n) is 5.93. The number of aromatic nitrogens is 3. The average Bonchev–Trinajstić information content (AvgIpc) is 2.93. The first-order chi connectivity index (χ1) is 14.8. The second-order valence-corrected chi connectivity index (χ2v) is 8.09. The van der Waals surface area contributed by atoms with Crippen LogP contribution >= 0.6 is 0 Å². The van der Waals surface area contributed by atoms with E-state index in [9.17, 15) is 13.6 Å². The first-order valence-electron chi connectivity index (χ1n) is 10.2. The van der Waals surface area contributed by atoms with Gasteiger partial charge in [0.1, 0.15) is 11.2 Å². The Labute approximate surface area is 177 Å². The summed E-state index contributed by atoms with van der Waals surface area (Å²) in [4.78, 5) is 26.6. The molecule has 0 aliphatic carbocycles. The van der Waals surface area contributed by atoms with Gasteiger partial charge in [0, 0.05) is 42.8 Å². The van der Waals surface area contributed by atoms with Gasteiger partial charge in [0.15, 0.2) is 17.3 Å². The summed E-state index contributed by atoms with van der Waals surface area (Å²) < 4.78 is 29.6. The molecule has 160 valence electrons. The molecule has 5 rings (SSSR count). The van der Waals surface area contributed by atoms with E-state index in [4.69, 9.17) is 5.73 Å². The van der Waals surface area contributed by atoms with E-state index in [2.05, 4.69) is 14.9 Å². The van der Waals surface area contributed by atoms with E-state index >= 15 is 0 Å². The van der Waals surface area contributed by atoms with Crippen LogP contribution in [0.3, 0.4) is 0 Å². The molecule has 0 atom stereocenters. The minimum absolute atomic E-state index is 0.235. The number of carbonyl (C=O) groups is 1. The summed E-state index contributed by atoms with van der Waals surface area (Å²) in [6, 6.07) is 5.72. The Morgan fingerprint density at radius 1 is 1.03 bits per heavy atom. The van der Waals surface area contributed by atoms with Crippen LogP contribution in [0.1, 0.15) is 22.5 Å². The molecule has 9 heteroatoms. The van der Waals surface area contributed by atoms with Crippen molar-refractivity contribution in [3.8, 4) is 0 Å². The van der Waals surface area contributed by atoms with Gasteiger partial charge in [-0.2, -0.15) is 0 Å². The van der Waals surface area contributed by atoms with E-state index in [1.165, 1.54) is 0 Å². The molecule has 0 unspecified atom stereocenters. The summed E-state index contributed by atoms with van der Waals surface area (Å²) in [6.07, 6.45) is 0.847. The number of fused-ring (bicyclic) bond motifs is 5. The lowest BCUT2D eigenvalue weighted by Crippen LogP contribution is -2.35. The van der Waals surface area contributed by atoms with E-state index in [0.29, 0.717) is 29.6 Å². The molecule has 0 saturated carbocycles. The normalized spacial score (nSPS) is 15.8. The highest BCUT2D eigenvalue weighted by Gasteiger charge is 2.27. The van der Waals surface area contributed by atoms with Gasteiger partial charge in [-0.3, -0.25) is 9.20 Å². The minimum Gasteiger partial charge on any atom is -0.397 e. The Kier molecular flexibility index (Phi) is 4.51. The molecular weight excluding hydrogens is 402 g/mol. The average molecular weight is 424 g/mol. The number of benzene rings is 1. The van der Waals surface area contributed by atoms with Gasteiger partial charge in [-0.05, 0) is 39.1 Å². The van der Waals surface area contributed by atoms with E-state index in [0.717, 1.165) is 37.3 Å². The first-order valence-corrected chi connectivity index (χ1v) is 10.2. The molecule has 1 aromatic carbocycles. The van der Waals surface area contributed by atoms with Crippen molar-refractivity contribution >= 4 is 39.3 Å². The summed E-state index contributed by atoms with van der Waals surface area (Å²) >= 11 is 0. The minimum atomic E-state index is -0.999. The Morgan fingerprint density at radius 3 is 2.61 bits per heavy atom. The Bertz CT molecular complexity index is 1370. The number of nitrogens with two attached hydrogens (primary N) is 1. The number of pyridine rings is 2. The van der Waals surface area contributed by atoms with Crippen LogP contribution in [0.5, 0.6) is 0 Å². The molecule has 0 spiro atoms. The fourth-order valence-electron chi connectivity index (χ4n) is 4.25. The summed E-state index contributed by atoms with van der Waals surface area (Å²) in [5.74, 6) is -2.23. The van der Waals surface area contributed by atoms with Gasteiger partial charge in [0.2, 0.25) is 0 Å². The van der Waals surface area contributed by atoms with Crippen molar-refractivity contribution in [2.75, 3.05) is 39.0 Å². The topological polar surface area (TPSA) is 79.8 Å². The lowest BCUT2D eigenvalue weighted by Gasteiger charge is -2.22. The number of carbonyl (C=O) groups excluding carboxylic acids is 1. The molecule has 1 fully saturated rings. The molecular formula is C22H22F2N6O. The lowest BCUT2D eigenvalue weighted by atomic mass is 10.1. The maximum atomic E-state index is 14.1. The zero-order chi connectivity index (χ0) is 21.9. The number of aryl methyl sites for hydroxylation is 1. The number of likely N-dealkylation sites (N-methyl/N-ethyl adjacent to an activating group) is 1. The summed E-state index contributed by atoms with van der Waals surface area (Å²) in [6.45, 7) is 4.65. The van der Waals surface area contributed by atoms with Gasteiger partial charge < -0.3 is 15.5 Å². The largest absolute Gasteiger partial charge is 0.397 e. The zero-order valence-corrected chi connectivity index (χ0v) is 17.3. The third-order valence-corrected chi connectivity index (χ3v) is 5.93. The monoisotopic (exact) mass is 424 g/mol. The standard InChI is InChI=1S/C22H22F2N6O/c1-12-4-5-13-19(25)18(22(31)29-7-3-6-28(2)8-9-29)21-27-16-10-14(23)15(24)11-17(16)30(21)20(13)26-12/h4-5,10-11H,3,6-9,25H2,1-2H3. The fourth-order valence-corrected chi connectivity index (χ4v) is 4.25. The molecule has 31 heavy (non-hydrogen) atoms. The number of nitrogens with zero attached hydrogens (tertiary/aromatic N) is 5. The molecule has 1 aliphatic rings. The quantitative estimate of drug-likeness (QED) is 0.508. The van der Waals surface area contributed by atoms with Gasteiger partial charge in [0.05, 0.1) is 16.7 Å². The van der Waals surface area contributed by atoms with Crippen LogP contribution in [0.25, 0.3) is 27.7 Å². The summed E-state index contributed by atoms with van der Waals surface area (Å²) in [5.41, 5.74) is 9.01. The fraction of sp³-hybridized carbons (Fsp3) is 0.318. The SMILES string of the molecule is Cc1ccc2c(N)c(C(=O)N3CCCN(C)CC3)c3nc4cc(F)c(F)cc4n3c2n1. The predicted molar refractivity (Wildman–Crippen MR) is 115 cm³/mol. The molecule has 1 amide bonds. The van der Waals surface area contributed by atoms with Gasteiger partial charge in [-0.15, -0.1) is 0 Å². The predicted octanol–water partition coefficient (Wildman–Crippen LogP) is 2.98. The molecule has 7 nitrogen and oxygen atoms in total. The van der Waals surface area contributed by atoms with Crippen molar-refractivity contribution in [3.63, 3.8) is 0 Å². The van der Waals surface area contributed by atoms with Crippen molar-refractivity contribution in [1.82, 2.24) is 24.2 Å². The number of amides is 1. The third kappa shape index (κ3) is 3.07. The van der Waals surface area contributed by atoms with Gasteiger partial charge >= 0.3 is 0 Å². The number of hydrogen-bond donors (Lipinski definition) is 1. The number of anilines is 1. The lowest BCUT2D eigenvalue weighted by molar-refractivity contribution is 0.0765. The van der Waals surface area contributed by atoms with Crippen LogP contribution in [-0.2, 0) is 0 Å². The summed E-state index contributed by atoms with van der Waals surface area (Å²) in [7, 11) is 2.02. The van der Waals surface area contributed by atoms with Crippen LogP contribution in [-0.4, -0.2) is 63.3 Å². The molecule has 2 N–H and O–H groups in total. The Hall–Kier alpha value is -3.33. The Balaban J connectivity index is 1.84. The van der Waals surface area contributed by atoms with Crippen LogP contribution in [0.15, 0.2) is 24.3 Å². The van der Waals surface area contributed by atoms with Gasteiger partial charge in [0.25, 0.3) is 5.91 Å². The van der Waals surface area contributed by atoms with Crippen molar-refractivity contribution in [2.45, 2.75) is 13.3 Å². The van der Waals surface area contributed by atoms with Crippen LogP contribution < -0.4 is 5.73 Å². The smallest absolute Gasteiger partial charge is 0.259 e. The van der Waals surface area contributed by atoms with Crippen LogP contribution in [0.4, 0.5) is 14.5 Å². The highest BCUT2D eigenvalue weighted by Crippen LogP contribution is 2.33. The van der Waals surface area contributed by atoms with Crippen molar-refractivity contribution in [1.29, 1.82) is 0 Å². The highest BCUT2D eigenvalue weighted by atomic mass is 19.2. The molecule has 0 radical (unpaired) electrons. The van der Waals surface area contributed by atoms with Crippen molar-refractivity contribution < 1.29 is 13.6 Å². The number of hydrogen-bond acceptors (Lipinski definition) is 5. The molecule has 4 aromatic rings. The second kappa shape index (κ2) is 7.12. The van der Waals surface area contributed by atoms with Gasteiger partial charge in [-0.25, -0.2) is 18.7 Å². The first kappa shape index (κ1) is 19.6. The maximum absolute atomic E-state index is 14.1. The second-order valence-electron chi connectivity index (χ2n) is 8.09. The number of halogens is 2. The zero-order valence-electron chi connectivity index (χ0n) is 17.3. The van der Waals surface area contributed by atoms with Crippen molar-refractivity contribution in [3.05, 3.63) is 47.2 Å². The number of imidazole rings is 1.